The smallest absolute Gasteiger partial charge is 0.170 e. The van der Waals surface area contributed by atoms with E-state index in [0.717, 1.165) is 28.3 Å². The van der Waals surface area contributed by atoms with Gasteiger partial charge in [0.05, 0.1) is 11.7 Å². The van der Waals surface area contributed by atoms with E-state index >= 15 is 0 Å². The number of hydrogen-bond donors (Lipinski definition) is 1. The molecule has 30 heavy (non-hydrogen) atoms. The number of aromatic nitrogens is 2. The molecule has 5 rings (SSSR count). The third-order valence-corrected chi connectivity index (χ3v) is 5.63. The van der Waals surface area contributed by atoms with Crippen LogP contribution in [-0.4, -0.2) is 20.0 Å². The van der Waals surface area contributed by atoms with E-state index in [1.807, 2.05) is 72.8 Å². The Bertz CT molecular complexity index is 1130. The monoisotopic (exact) mass is 412 g/mol. The molecule has 0 amide bonds. The van der Waals surface area contributed by atoms with Gasteiger partial charge in [-0.15, -0.1) is 0 Å². The summed E-state index contributed by atoms with van der Waals surface area (Å²) >= 11 is 5.72. The fourth-order valence-electron chi connectivity index (χ4n) is 3.84. The molecular weight excluding hydrogens is 392 g/mol. The lowest BCUT2D eigenvalue weighted by Gasteiger charge is -2.26. The van der Waals surface area contributed by atoms with Crippen LogP contribution >= 0.6 is 12.2 Å². The van der Waals surface area contributed by atoms with Crippen LogP contribution in [0, 0.1) is 0 Å². The van der Waals surface area contributed by atoms with Crippen molar-refractivity contribution in [1.29, 1.82) is 0 Å². The van der Waals surface area contributed by atoms with Crippen molar-refractivity contribution < 1.29 is 4.42 Å². The molecule has 1 aliphatic rings. The summed E-state index contributed by atoms with van der Waals surface area (Å²) in [5, 5.41) is 4.14. The molecule has 6 heteroatoms. The zero-order valence-electron chi connectivity index (χ0n) is 16.2. The molecule has 1 aliphatic heterocycles. The maximum atomic E-state index is 6.34. The van der Waals surface area contributed by atoms with Gasteiger partial charge in [-0.3, -0.25) is 9.97 Å². The van der Waals surface area contributed by atoms with Crippen LogP contribution in [-0.2, 0) is 6.54 Å². The average molecular weight is 413 g/mol. The van der Waals surface area contributed by atoms with E-state index in [9.17, 15) is 0 Å². The van der Waals surface area contributed by atoms with Crippen molar-refractivity contribution in [2.24, 2.45) is 0 Å². The molecule has 1 saturated heterocycles. The largest absolute Gasteiger partial charge is 0.459 e. The van der Waals surface area contributed by atoms with Crippen molar-refractivity contribution in [2.75, 3.05) is 0 Å². The molecule has 0 aliphatic carbocycles. The van der Waals surface area contributed by atoms with Gasteiger partial charge >= 0.3 is 0 Å². The van der Waals surface area contributed by atoms with Gasteiger partial charge in [0.15, 0.2) is 5.11 Å². The van der Waals surface area contributed by atoms with Gasteiger partial charge in [0.2, 0.25) is 0 Å². The number of nitrogens with zero attached hydrogens (tertiary/aromatic N) is 3. The van der Waals surface area contributed by atoms with Gasteiger partial charge < -0.3 is 14.6 Å². The molecule has 2 atom stereocenters. The highest BCUT2D eigenvalue weighted by Gasteiger charge is 2.41. The molecule has 0 bridgehead atoms. The number of hydrogen-bond acceptors (Lipinski definition) is 4. The second-order valence-electron chi connectivity index (χ2n) is 7.18. The Hall–Kier alpha value is -3.51. The minimum Gasteiger partial charge on any atom is -0.459 e. The number of thiocarbonyl (C=S) groups is 1. The normalized spacial score (nSPS) is 18.4. The Kier molecular flexibility index (Phi) is 4.99. The molecule has 5 nitrogen and oxygen atoms in total. The Morgan fingerprint density at radius 3 is 2.47 bits per heavy atom. The van der Waals surface area contributed by atoms with Crippen LogP contribution in [0.5, 0.6) is 0 Å². The lowest BCUT2D eigenvalue weighted by atomic mass is 10.0. The standard InChI is InChI=1S/C24H20N4OS/c30-24-27-22(19-8-4-5-13-26-19)23(28(24)16-17-11-14-25-15-12-17)21-10-9-20(29-21)18-6-2-1-3-7-18/h1-15,22-23H,16H2,(H,27,30)/t22-,23+/m0/s1. The highest BCUT2D eigenvalue weighted by molar-refractivity contribution is 7.80. The summed E-state index contributed by atoms with van der Waals surface area (Å²) in [7, 11) is 0. The van der Waals surface area contributed by atoms with E-state index in [1.54, 1.807) is 18.6 Å². The molecule has 3 aromatic heterocycles. The lowest BCUT2D eigenvalue weighted by molar-refractivity contribution is 0.269. The molecule has 148 valence electrons. The lowest BCUT2D eigenvalue weighted by Crippen LogP contribution is -2.29. The Balaban J connectivity index is 1.54. The Morgan fingerprint density at radius 2 is 1.70 bits per heavy atom. The molecule has 4 heterocycles. The number of nitrogens with one attached hydrogen (secondary N) is 1. The second-order valence-corrected chi connectivity index (χ2v) is 7.56. The van der Waals surface area contributed by atoms with E-state index < -0.39 is 0 Å². The summed E-state index contributed by atoms with van der Waals surface area (Å²) in [5.74, 6) is 1.69. The third-order valence-electron chi connectivity index (χ3n) is 5.28. The van der Waals surface area contributed by atoms with Crippen LogP contribution < -0.4 is 5.32 Å². The molecule has 0 radical (unpaired) electrons. The van der Waals surface area contributed by atoms with E-state index in [1.165, 1.54) is 0 Å². The van der Waals surface area contributed by atoms with Crippen molar-refractivity contribution in [1.82, 2.24) is 20.2 Å². The van der Waals surface area contributed by atoms with Gasteiger partial charge in [-0.2, -0.15) is 0 Å². The van der Waals surface area contributed by atoms with Crippen molar-refractivity contribution in [2.45, 2.75) is 18.6 Å². The van der Waals surface area contributed by atoms with Gasteiger partial charge in [0.1, 0.15) is 17.6 Å². The number of benzene rings is 1. The van der Waals surface area contributed by atoms with Crippen LogP contribution in [0.4, 0.5) is 0 Å². The fraction of sp³-hybridized carbons (Fsp3) is 0.125. The minimum absolute atomic E-state index is 0.102. The molecule has 0 spiro atoms. The van der Waals surface area contributed by atoms with Crippen molar-refractivity contribution in [3.63, 3.8) is 0 Å². The predicted molar refractivity (Wildman–Crippen MR) is 119 cm³/mol. The van der Waals surface area contributed by atoms with Gasteiger partial charge in [-0.1, -0.05) is 36.4 Å². The first-order valence-corrected chi connectivity index (χ1v) is 10.2. The Labute approximate surface area is 180 Å². The highest BCUT2D eigenvalue weighted by atomic mass is 32.1. The maximum Gasteiger partial charge on any atom is 0.170 e. The molecule has 1 aromatic carbocycles. The van der Waals surface area contributed by atoms with E-state index in [-0.39, 0.29) is 12.1 Å². The summed E-state index contributed by atoms with van der Waals surface area (Å²) in [6.07, 6.45) is 5.40. The van der Waals surface area contributed by atoms with Crippen LogP contribution in [0.15, 0.2) is 95.8 Å². The second kappa shape index (κ2) is 8.08. The Morgan fingerprint density at radius 1 is 0.900 bits per heavy atom. The van der Waals surface area contributed by atoms with E-state index in [4.69, 9.17) is 16.6 Å². The molecule has 4 aromatic rings. The van der Waals surface area contributed by atoms with Crippen molar-refractivity contribution >= 4 is 17.3 Å². The first kappa shape index (κ1) is 18.5. The molecule has 0 saturated carbocycles. The topological polar surface area (TPSA) is 54.2 Å². The van der Waals surface area contributed by atoms with Crippen LogP contribution in [0.2, 0.25) is 0 Å². The summed E-state index contributed by atoms with van der Waals surface area (Å²) < 4.78 is 6.34. The number of rotatable bonds is 5. The zero-order valence-corrected chi connectivity index (χ0v) is 17.0. The highest BCUT2D eigenvalue weighted by Crippen LogP contribution is 2.41. The first-order chi connectivity index (χ1) is 14.8. The van der Waals surface area contributed by atoms with Crippen molar-refractivity contribution in [3.05, 3.63) is 108 Å². The van der Waals surface area contributed by atoms with E-state index in [0.29, 0.717) is 11.7 Å². The maximum absolute atomic E-state index is 6.34. The summed E-state index contributed by atoms with van der Waals surface area (Å²) in [6.45, 7) is 0.656. The van der Waals surface area contributed by atoms with Gasteiger partial charge in [0, 0.05) is 30.7 Å². The first-order valence-electron chi connectivity index (χ1n) is 9.82. The van der Waals surface area contributed by atoms with Crippen LogP contribution in [0.3, 0.4) is 0 Å². The molecule has 1 fully saturated rings. The van der Waals surface area contributed by atoms with Gasteiger partial charge in [-0.05, 0) is 54.2 Å². The van der Waals surface area contributed by atoms with E-state index in [2.05, 4.69) is 20.2 Å². The predicted octanol–water partition coefficient (Wildman–Crippen LogP) is 4.91. The number of furan rings is 1. The van der Waals surface area contributed by atoms with Gasteiger partial charge in [0.25, 0.3) is 0 Å². The SMILES string of the molecule is S=C1N[C@@H](c2ccccn2)[C@@H](c2ccc(-c3ccccc3)o2)N1Cc1ccncc1. The average Bonchev–Trinajstić information content (AvgIpc) is 3.41. The summed E-state index contributed by atoms with van der Waals surface area (Å²) in [4.78, 5) is 10.9. The fourth-order valence-corrected chi connectivity index (χ4v) is 4.14. The van der Waals surface area contributed by atoms with Crippen LogP contribution in [0.1, 0.15) is 29.1 Å². The quantitative estimate of drug-likeness (QED) is 0.470. The minimum atomic E-state index is -0.113. The third kappa shape index (κ3) is 3.57. The summed E-state index contributed by atoms with van der Waals surface area (Å²) in [5.41, 5.74) is 3.11. The number of pyridine rings is 2. The van der Waals surface area contributed by atoms with Gasteiger partial charge in [-0.25, -0.2) is 0 Å². The summed E-state index contributed by atoms with van der Waals surface area (Å²) in [6, 6.07) is 23.9. The van der Waals surface area contributed by atoms with Crippen molar-refractivity contribution in [3.8, 4) is 11.3 Å². The zero-order chi connectivity index (χ0) is 20.3. The molecule has 0 unspecified atom stereocenters. The van der Waals surface area contributed by atoms with Crippen LogP contribution in [0.25, 0.3) is 11.3 Å². The molecule has 1 N–H and O–H groups in total. The molecular formula is C24H20N4OS.